The second-order valence-corrected chi connectivity index (χ2v) is 5.51. The number of halogens is 1. The Morgan fingerprint density at radius 3 is 2.06 bits per heavy atom. The van der Waals surface area contributed by atoms with Crippen molar-refractivity contribution in [1.82, 2.24) is 0 Å². The van der Waals surface area contributed by atoms with E-state index in [9.17, 15) is 4.79 Å². The average molecular weight is 239 g/mol. The van der Waals surface area contributed by atoms with Gasteiger partial charge in [0.05, 0.1) is 5.92 Å². The second kappa shape index (κ2) is 5.01. The third kappa shape index (κ3) is 3.08. The standard InChI is InChI=1S/C14H19ClO/c1-5-12(13(15)16)10-6-8-11(9-7-10)14(2,3)4/h6-9,12H,5H2,1-4H3/t12-/m0/s1. The minimum Gasteiger partial charge on any atom is -0.281 e. The van der Waals surface area contributed by atoms with Gasteiger partial charge in [-0.05, 0) is 34.6 Å². The molecule has 0 N–H and O–H groups in total. The molecule has 1 aromatic carbocycles. The van der Waals surface area contributed by atoms with Gasteiger partial charge in [-0.1, -0.05) is 52.0 Å². The first-order valence-electron chi connectivity index (χ1n) is 5.66. The summed E-state index contributed by atoms with van der Waals surface area (Å²) < 4.78 is 0. The van der Waals surface area contributed by atoms with Gasteiger partial charge in [0.2, 0.25) is 5.24 Å². The lowest BCUT2D eigenvalue weighted by molar-refractivity contribution is -0.113. The van der Waals surface area contributed by atoms with Gasteiger partial charge in [-0.15, -0.1) is 0 Å². The number of carbonyl (C=O) groups excluding carboxylic acids is 1. The van der Waals surface area contributed by atoms with Gasteiger partial charge < -0.3 is 0 Å². The van der Waals surface area contributed by atoms with E-state index in [2.05, 4.69) is 32.9 Å². The van der Waals surface area contributed by atoms with Gasteiger partial charge in [-0.2, -0.15) is 0 Å². The number of benzene rings is 1. The first-order valence-corrected chi connectivity index (χ1v) is 6.04. The van der Waals surface area contributed by atoms with Gasteiger partial charge in [-0.25, -0.2) is 0 Å². The van der Waals surface area contributed by atoms with E-state index in [1.54, 1.807) is 0 Å². The molecule has 1 nitrogen and oxygen atoms in total. The van der Waals surface area contributed by atoms with E-state index in [0.717, 1.165) is 12.0 Å². The van der Waals surface area contributed by atoms with E-state index in [-0.39, 0.29) is 16.6 Å². The molecule has 0 saturated heterocycles. The molecule has 0 heterocycles. The number of carbonyl (C=O) groups is 1. The Morgan fingerprint density at radius 2 is 1.75 bits per heavy atom. The SMILES string of the molecule is CC[C@H](C(=O)Cl)c1ccc(C(C)(C)C)cc1. The Hall–Kier alpha value is -0.820. The maximum absolute atomic E-state index is 11.2. The zero-order valence-corrected chi connectivity index (χ0v) is 11.1. The van der Waals surface area contributed by atoms with Gasteiger partial charge in [0.25, 0.3) is 0 Å². The molecule has 0 saturated carbocycles. The van der Waals surface area contributed by atoms with Crippen LogP contribution in [0.3, 0.4) is 0 Å². The maximum Gasteiger partial charge on any atom is 0.229 e. The molecule has 0 amide bonds. The zero-order valence-electron chi connectivity index (χ0n) is 10.4. The monoisotopic (exact) mass is 238 g/mol. The molecule has 88 valence electrons. The fourth-order valence-corrected chi connectivity index (χ4v) is 2.02. The van der Waals surface area contributed by atoms with Crippen molar-refractivity contribution in [2.75, 3.05) is 0 Å². The molecule has 0 aliphatic rings. The molecule has 16 heavy (non-hydrogen) atoms. The molecule has 1 rings (SSSR count). The Kier molecular flexibility index (Phi) is 4.15. The van der Waals surface area contributed by atoms with E-state index in [0.29, 0.717) is 0 Å². The van der Waals surface area contributed by atoms with Crippen molar-refractivity contribution in [3.63, 3.8) is 0 Å². The highest BCUT2D eigenvalue weighted by Crippen LogP contribution is 2.26. The highest BCUT2D eigenvalue weighted by molar-refractivity contribution is 6.64. The lowest BCUT2D eigenvalue weighted by Gasteiger charge is -2.20. The van der Waals surface area contributed by atoms with E-state index in [4.69, 9.17) is 11.6 Å². The lowest BCUT2D eigenvalue weighted by atomic mass is 9.85. The summed E-state index contributed by atoms with van der Waals surface area (Å²) in [6, 6.07) is 8.18. The first kappa shape index (κ1) is 13.2. The van der Waals surface area contributed by atoms with Crippen molar-refractivity contribution in [3.8, 4) is 0 Å². The van der Waals surface area contributed by atoms with Crippen molar-refractivity contribution in [3.05, 3.63) is 35.4 Å². The summed E-state index contributed by atoms with van der Waals surface area (Å²) in [5, 5.41) is -0.272. The highest BCUT2D eigenvalue weighted by Gasteiger charge is 2.18. The largest absolute Gasteiger partial charge is 0.281 e. The van der Waals surface area contributed by atoms with Gasteiger partial charge in [0, 0.05) is 0 Å². The Labute approximate surface area is 103 Å². The summed E-state index contributed by atoms with van der Waals surface area (Å²) in [5.41, 5.74) is 2.43. The smallest absolute Gasteiger partial charge is 0.229 e. The summed E-state index contributed by atoms with van der Waals surface area (Å²) in [6.07, 6.45) is 0.747. The van der Waals surface area contributed by atoms with Crippen molar-refractivity contribution in [2.45, 2.75) is 45.4 Å². The Bertz CT molecular complexity index is 359. The van der Waals surface area contributed by atoms with Crippen molar-refractivity contribution < 1.29 is 4.79 Å². The van der Waals surface area contributed by atoms with E-state index >= 15 is 0 Å². The van der Waals surface area contributed by atoms with Crippen LogP contribution in [0.25, 0.3) is 0 Å². The molecule has 1 atom stereocenters. The molecule has 0 fully saturated rings. The van der Waals surface area contributed by atoms with Gasteiger partial charge in [0.1, 0.15) is 0 Å². The van der Waals surface area contributed by atoms with Crippen LogP contribution in [-0.4, -0.2) is 5.24 Å². The van der Waals surface area contributed by atoms with Crippen LogP contribution < -0.4 is 0 Å². The van der Waals surface area contributed by atoms with Gasteiger partial charge >= 0.3 is 0 Å². The predicted octanol–water partition coefficient (Wildman–Crippen LogP) is 4.24. The lowest BCUT2D eigenvalue weighted by Crippen LogP contribution is -2.11. The molecular weight excluding hydrogens is 220 g/mol. The molecule has 0 aliphatic carbocycles. The van der Waals surface area contributed by atoms with Gasteiger partial charge in [-0.3, -0.25) is 4.79 Å². The molecule has 2 heteroatoms. The zero-order chi connectivity index (χ0) is 12.3. The van der Waals surface area contributed by atoms with Crippen LogP contribution in [0.4, 0.5) is 0 Å². The summed E-state index contributed by atoms with van der Waals surface area (Å²) >= 11 is 5.57. The van der Waals surface area contributed by atoms with Crippen molar-refractivity contribution in [1.29, 1.82) is 0 Å². The maximum atomic E-state index is 11.2. The van der Waals surface area contributed by atoms with Crippen LogP contribution in [0.5, 0.6) is 0 Å². The molecule has 0 aromatic heterocycles. The molecule has 0 bridgehead atoms. The topological polar surface area (TPSA) is 17.1 Å². The van der Waals surface area contributed by atoms with E-state index in [1.165, 1.54) is 5.56 Å². The molecular formula is C14H19ClO. The second-order valence-electron chi connectivity index (χ2n) is 5.14. The minimum atomic E-state index is -0.272. The first-order chi connectivity index (χ1) is 7.36. The van der Waals surface area contributed by atoms with E-state index in [1.807, 2.05) is 19.1 Å². The number of rotatable bonds is 3. The summed E-state index contributed by atoms with van der Waals surface area (Å²) in [6.45, 7) is 8.49. The normalized spacial score (nSPS) is 13.6. The average Bonchev–Trinajstić information content (AvgIpc) is 2.17. The van der Waals surface area contributed by atoms with Gasteiger partial charge in [0.15, 0.2) is 0 Å². The number of hydrogen-bond donors (Lipinski definition) is 0. The van der Waals surface area contributed by atoms with E-state index < -0.39 is 0 Å². The molecule has 0 aliphatic heterocycles. The van der Waals surface area contributed by atoms with Crippen LogP contribution in [0.1, 0.15) is 51.2 Å². The Balaban J connectivity index is 2.98. The summed E-state index contributed by atoms with van der Waals surface area (Å²) in [7, 11) is 0. The molecule has 0 spiro atoms. The minimum absolute atomic E-state index is 0.144. The fourth-order valence-electron chi connectivity index (χ4n) is 1.74. The van der Waals surface area contributed by atoms with Crippen LogP contribution in [-0.2, 0) is 10.2 Å². The molecule has 1 aromatic rings. The summed E-state index contributed by atoms with van der Waals surface area (Å²) in [4.78, 5) is 11.2. The van der Waals surface area contributed by atoms with Crippen LogP contribution in [0, 0.1) is 0 Å². The third-order valence-corrected chi connectivity index (χ3v) is 3.12. The predicted molar refractivity (Wildman–Crippen MR) is 69.0 cm³/mol. The third-order valence-electron chi connectivity index (χ3n) is 2.86. The fraction of sp³-hybridized carbons (Fsp3) is 0.500. The molecule has 0 radical (unpaired) electrons. The van der Waals surface area contributed by atoms with Crippen molar-refractivity contribution in [2.24, 2.45) is 0 Å². The quantitative estimate of drug-likeness (QED) is 0.720. The molecule has 0 unspecified atom stereocenters. The van der Waals surface area contributed by atoms with Crippen LogP contribution in [0.2, 0.25) is 0 Å². The van der Waals surface area contributed by atoms with Crippen molar-refractivity contribution >= 4 is 16.8 Å². The van der Waals surface area contributed by atoms with Crippen LogP contribution in [0.15, 0.2) is 24.3 Å². The summed E-state index contributed by atoms with van der Waals surface area (Å²) in [5.74, 6) is -0.171. The highest BCUT2D eigenvalue weighted by atomic mass is 35.5. The number of hydrogen-bond acceptors (Lipinski definition) is 1. The Morgan fingerprint density at radius 1 is 1.25 bits per heavy atom. The van der Waals surface area contributed by atoms with Crippen LogP contribution >= 0.6 is 11.6 Å².